The van der Waals surface area contributed by atoms with E-state index in [1.54, 1.807) is 23.9 Å². The van der Waals surface area contributed by atoms with Crippen LogP contribution in [0, 0.1) is 5.82 Å². The second-order valence-electron chi connectivity index (χ2n) is 8.96. The Morgan fingerprint density at radius 3 is 2.69 bits per heavy atom. The van der Waals surface area contributed by atoms with Crippen molar-refractivity contribution in [3.05, 3.63) is 58.9 Å². The van der Waals surface area contributed by atoms with Gasteiger partial charge in [-0.2, -0.15) is 0 Å². The first-order chi connectivity index (χ1) is 14.9. The van der Waals surface area contributed by atoms with Gasteiger partial charge in [0.2, 0.25) is 0 Å². The molecule has 0 amide bonds. The smallest absolute Gasteiger partial charge is 0.304 e. The molecule has 1 N–H and O–H groups in total. The third kappa shape index (κ3) is 5.24. The number of ether oxygens (including phenoxy) is 1. The van der Waals surface area contributed by atoms with Gasteiger partial charge in [0.15, 0.2) is 0 Å². The quantitative estimate of drug-likeness (QED) is 0.504. The predicted octanol–water partition coefficient (Wildman–Crippen LogP) is 5.86. The number of hydrogen-bond donors (Lipinski definition) is 1. The number of carbonyl (C=O) groups is 1. The van der Waals surface area contributed by atoms with Crippen LogP contribution in [0.2, 0.25) is 0 Å². The zero-order chi connectivity index (χ0) is 22.0. The number of benzene rings is 2. The van der Waals surface area contributed by atoms with Gasteiger partial charge in [-0.3, -0.25) is 4.79 Å². The molecule has 0 aromatic heterocycles. The van der Waals surface area contributed by atoms with Gasteiger partial charge in [-0.25, -0.2) is 4.39 Å². The average Bonchev–Trinajstić information content (AvgIpc) is 3.09. The fraction of sp³-hybridized carbons (Fsp3) is 0.480. The number of fused-ring (bicyclic) bond motifs is 2. The summed E-state index contributed by atoms with van der Waals surface area (Å²) in [5, 5.41) is 8.91. The summed E-state index contributed by atoms with van der Waals surface area (Å²) in [6.07, 6.45) is 2.17. The number of piperidine rings is 1. The first kappa shape index (κ1) is 24.9. The zero-order valence-electron chi connectivity index (χ0n) is 18.6. The van der Waals surface area contributed by atoms with Crippen LogP contribution in [0.3, 0.4) is 0 Å². The van der Waals surface area contributed by atoms with E-state index in [0.717, 1.165) is 47.7 Å². The molecule has 2 aromatic rings. The van der Waals surface area contributed by atoms with Gasteiger partial charge in [0.25, 0.3) is 0 Å². The van der Waals surface area contributed by atoms with Crippen molar-refractivity contribution in [1.82, 2.24) is 4.90 Å². The molecule has 1 saturated heterocycles. The van der Waals surface area contributed by atoms with Crippen molar-refractivity contribution >= 4 is 30.1 Å². The minimum atomic E-state index is -0.740. The third-order valence-electron chi connectivity index (χ3n) is 6.64. The maximum atomic E-state index is 14.4. The van der Waals surface area contributed by atoms with E-state index >= 15 is 0 Å². The maximum absolute atomic E-state index is 14.4. The highest BCUT2D eigenvalue weighted by Crippen LogP contribution is 2.47. The molecule has 2 aliphatic rings. The van der Waals surface area contributed by atoms with Crippen molar-refractivity contribution in [3.63, 3.8) is 0 Å². The van der Waals surface area contributed by atoms with Crippen LogP contribution in [0.15, 0.2) is 41.3 Å². The fourth-order valence-corrected chi connectivity index (χ4v) is 5.71. The molecule has 4 rings (SSSR count). The van der Waals surface area contributed by atoms with Gasteiger partial charge in [-0.1, -0.05) is 32.0 Å². The van der Waals surface area contributed by atoms with Crippen molar-refractivity contribution in [1.29, 1.82) is 0 Å². The Kier molecular flexibility index (Phi) is 8.12. The van der Waals surface area contributed by atoms with Gasteiger partial charge >= 0.3 is 5.97 Å². The van der Waals surface area contributed by atoms with Gasteiger partial charge in [-0.05, 0) is 55.6 Å². The molecule has 2 aromatic carbocycles. The molecular formula is C25H31ClFNO3S. The molecule has 7 heteroatoms. The Hall–Kier alpha value is -1.76. The highest BCUT2D eigenvalue weighted by molar-refractivity contribution is 7.98. The SMILES string of the molecule is CC(C)c1cccc(F)c1CSc1ccc2c(c1)OCC21CCN(CCC(=O)O)CC1.Cl. The molecule has 0 aliphatic carbocycles. The lowest BCUT2D eigenvalue weighted by Crippen LogP contribution is -2.44. The summed E-state index contributed by atoms with van der Waals surface area (Å²) in [6, 6.07) is 11.8. The Balaban J connectivity index is 0.00000289. The van der Waals surface area contributed by atoms with Gasteiger partial charge in [0, 0.05) is 33.7 Å². The summed E-state index contributed by atoms with van der Waals surface area (Å²) in [5.74, 6) is 0.959. The van der Waals surface area contributed by atoms with Crippen LogP contribution in [0.1, 0.15) is 55.7 Å². The molecule has 0 atom stereocenters. The van der Waals surface area contributed by atoms with Crippen LogP contribution in [-0.2, 0) is 16.0 Å². The molecule has 1 fully saturated rings. The first-order valence-electron chi connectivity index (χ1n) is 11.0. The lowest BCUT2D eigenvalue weighted by Gasteiger charge is -2.38. The summed E-state index contributed by atoms with van der Waals surface area (Å²) in [5.41, 5.74) is 3.16. The molecule has 0 radical (unpaired) electrons. The average molecular weight is 480 g/mol. The molecule has 32 heavy (non-hydrogen) atoms. The predicted molar refractivity (Wildman–Crippen MR) is 129 cm³/mol. The second kappa shape index (κ2) is 10.4. The molecule has 4 nitrogen and oxygen atoms in total. The van der Waals surface area contributed by atoms with E-state index in [1.165, 1.54) is 5.56 Å². The van der Waals surface area contributed by atoms with Crippen LogP contribution < -0.4 is 4.74 Å². The van der Waals surface area contributed by atoms with E-state index in [2.05, 4.69) is 36.9 Å². The van der Waals surface area contributed by atoms with E-state index in [-0.39, 0.29) is 36.0 Å². The number of carboxylic acid groups (broad SMARTS) is 1. The number of carboxylic acids is 1. The van der Waals surface area contributed by atoms with E-state index in [0.29, 0.717) is 18.9 Å². The van der Waals surface area contributed by atoms with Crippen LogP contribution in [0.25, 0.3) is 0 Å². The molecule has 2 heterocycles. The summed E-state index contributed by atoms with van der Waals surface area (Å²) < 4.78 is 20.5. The zero-order valence-corrected chi connectivity index (χ0v) is 20.2. The first-order valence-corrected chi connectivity index (χ1v) is 12.0. The normalized spacial score (nSPS) is 17.1. The number of likely N-dealkylation sites (tertiary alicyclic amines) is 1. The summed E-state index contributed by atoms with van der Waals surface area (Å²) in [6.45, 7) is 7.30. The minimum absolute atomic E-state index is 0. The van der Waals surface area contributed by atoms with E-state index < -0.39 is 5.97 Å². The molecule has 1 spiro atoms. The molecular weight excluding hydrogens is 449 g/mol. The molecule has 2 aliphatic heterocycles. The molecule has 0 bridgehead atoms. The van der Waals surface area contributed by atoms with Gasteiger partial charge < -0.3 is 14.7 Å². The molecule has 0 unspecified atom stereocenters. The van der Waals surface area contributed by atoms with E-state index in [1.807, 2.05) is 6.07 Å². The van der Waals surface area contributed by atoms with E-state index in [9.17, 15) is 9.18 Å². The fourth-order valence-electron chi connectivity index (χ4n) is 4.74. The van der Waals surface area contributed by atoms with Crippen LogP contribution in [0.4, 0.5) is 4.39 Å². The van der Waals surface area contributed by atoms with Gasteiger partial charge in [0.1, 0.15) is 11.6 Å². The van der Waals surface area contributed by atoms with Crippen LogP contribution in [-0.4, -0.2) is 42.2 Å². The summed E-state index contributed by atoms with van der Waals surface area (Å²) >= 11 is 1.65. The largest absolute Gasteiger partial charge is 0.492 e. The summed E-state index contributed by atoms with van der Waals surface area (Å²) in [7, 11) is 0. The Bertz CT molecular complexity index is 960. The van der Waals surface area contributed by atoms with Crippen molar-refractivity contribution in [2.45, 2.75) is 55.1 Å². The number of halogens is 2. The van der Waals surface area contributed by atoms with E-state index in [4.69, 9.17) is 9.84 Å². The maximum Gasteiger partial charge on any atom is 0.304 e. The second-order valence-corrected chi connectivity index (χ2v) is 10.0. The van der Waals surface area contributed by atoms with Crippen LogP contribution >= 0.6 is 24.2 Å². The third-order valence-corrected chi connectivity index (χ3v) is 7.66. The number of rotatable bonds is 7. The standard InChI is InChI=1S/C25H30FNO3S.ClH/c1-17(2)19-4-3-5-22(26)20(19)15-31-18-6-7-21-23(14-18)30-16-25(21)9-12-27(13-10-25)11-8-24(28)29;/h3-7,14,17H,8-13,15-16H2,1-2H3,(H,28,29);1H. The van der Waals surface area contributed by atoms with Gasteiger partial charge in [0.05, 0.1) is 13.0 Å². The monoisotopic (exact) mass is 479 g/mol. The highest BCUT2D eigenvalue weighted by atomic mass is 35.5. The Labute approximate surface area is 199 Å². The van der Waals surface area contributed by atoms with Crippen molar-refractivity contribution in [3.8, 4) is 5.75 Å². The number of nitrogens with zero attached hydrogens (tertiary/aromatic N) is 1. The molecule has 174 valence electrons. The lowest BCUT2D eigenvalue weighted by molar-refractivity contribution is -0.137. The Morgan fingerprint density at radius 1 is 1.25 bits per heavy atom. The summed E-state index contributed by atoms with van der Waals surface area (Å²) in [4.78, 5) is 14.2. The van der Waals surface area contributed by atoms with Gasteiger partial charge in [-0.15, -0.1) is 24.2 Å². The minimum Gasteiger partial charge on any atom is -0.492 e. The highest BCUT2D eigenvalue weighted by Gasteiger charge is 2.43. The number of aliphatic carboxylic acids is 1. The Morgan fingerprint density at radius 2 is 2.00 bits per heavy atom. The lowest BCUT2D eigenvalue weighted by atomic mass is 9.74. The number of thioether (sulfide) groups is 1. The van der Waals surface area contributed by atoms with Crippen LogP contribution in [0.5, 0.6) is 5.75 Å². The molecule has 0 saturated carbocycles. The van der Waals surface area contributed by atoms with Crippen molar-refractivity contribution in [2.75, 3.05) is 26.2 Å². The van der Waals surface area contributed by atoms with Crippen molar-refractivity contribution < 1.29 is 19.0 Å². The van der Waals surface area contributed by atoms with Crippen molar-refractivity contribution in [2.24, 2.45) is 0 Å². The number of hydrogen-bond acceptors (Lipinski definition) is 4. The topological polar surface area (TPSA) is 49.8 Å².